The summed E-state index contributed by atoms with van der Waals surface area (Å²) in [6, 6.07) is 15.8. The van der Waals surface area contributed by atoms with Crippen LogP contribution >= 0.6 is 31.9 Å². The number of benzene rings is 2. The predicted molar refractivity (Wildman–Crippen MR) is 93.3 cm³/mol. The zero-order chi connectivity index (χ0) is 14.8. The quantitative estimate of drug-likeness (QED) is 0.582. The predicted octanol–water partition coefficient (Wildman–Crippen LogP) is 5.89. The highest BCUT2D eigenvalue weighted by molar-refractivity contribution is 9.10. The lowest BCUT2D eigenvalue weighted by molar-refractivity contribution is 0.0949. The van der Waals surface area contributed by atoms with Crippen molar-refractivity contribution in [1.29, 1.82) is 0 Å². The minimum Gasteiger partial charge on any atom is -0.293 e. The maximum absolute atomic E-state index is 12.7. The fraction of sp³-hybridized carbons (Fsp3) is 0.167. The molecule has 0 N–H and O–H groups in total. The highest BCUT2D eigenvalue weighted by Crippen LogP contribution is 2.36. The van der Waals surface area contributed by atoms with Crippen LogP contribution in [0.1, 0.15) is 28.8 Å². The Hall–Kier alpha value is -1.19. The molecule has 0 saturated heterocycles. The van der Waals surface area contributed by atoms with E-state index in [1.807, 2.05) is 36.4 Å². The summed E-state index contributed by atoms with van der Waals surface area (Å²) in [5.41, 5.74) is 3.09. The van der Waals surface area contributed by atoms with Crippen LogP contribution in [0.25, 0.3) is 5.57 Å². The molecule has 0 saturated carbocycles. The van der Waals surface area contributed by atoms with Crippen molar-refractivity contribution in [2.45, 2.75) is 12.8 Å². The van der Waals surface area contributed by atoms with E-state index in [4.69, 9.17) is 0 Å². The first kappa shape index (κ1) is 14.7. The summed E-state index contributed by atoms with van der Waals surface area (Å²) < 4.78 is 2.05. The maximum atomic E-state index is 12.7. The van der Waals surface area contributed by atoms with Crippen LogP contribution in [-0.2, 0) is 0 Å². The Morgan fingerprint density at radius 3 is 2.10 bits per heavy atom. The van der Waals surface area contributed by atoms with Gasteiger partial charge >= 0.3 is 0 Å². The van der Waals surface area contributed by atoms with Crippen LogP contribution in [0.5, 0.6) is 0 Å². The number of hydrogen-bond donors (Lipinski definition) is 0. The van der Waals surface area contributed by atoms with Gasteiger partial charge in [-0.2, -0.15) is 0 Å². The maximum Gasteiger partial charge on any atom is 0.170 e. The SMILES string of the molecule is O=C(c1ccc(Br)cc1)C1CCC=C1c1ccc(Br)cc1. The van der Waals surface area contributed by atoms with Crippen LogP contribution < -0.4 is 0 Å². The molecule has 2 aromatic carbocycles. The van der Waals surface area contributed by atoms with E-state index >= 15 is 0 Å². The van der Waals surface area contributed by atoms with Crippen LogP contribution in [0.2, 0.25) is 0 Å². The average Bonchev–Trinajstić information content (AvgIpc) is 2.97. The number of carbonyl (C=O) groups is 1. The van der Waals surface area contributed by atoms with Gasteiger partial charge in [-0.1, -0.05) is 62.2 Å². The van der Waals surface area contributed by atoms with E-state index in [1.54, 1.807) is 0 Å². The van der Waals surface area contributed by atoms with Crippen molar-refractivity contribution in [1.82, 2.24) is 0 Å². The van der Waals surface area contributed by atoms with Crippen molar-refractivity contribution in [3.8, 4) is 0 Å². The second-order valence-electron chi connectivity index (χ2n) is 5.17. The van der Waals surface area contributed by atoms with Gasteiger partial charge in [0.25, 0.3) is 0 Å². The minimum atomic E-state index is -0.0210. The summed E-state index contributed by atoms with van der Waals surface area (Å²) in [6.45, 7) is 0. The number of ketones is 1. The highest BCUT2D eigenvalue weighted by Gasteiger charge is 2.28. The van der Waals surface area contributed by atoms with Crippen molar-refractivity contribution in [3.63, 3.8) is 0 Å². The van der Waals surface area contributed by atoms with Crippen molar-refractivity contribution in [3.05, 3.63) is 74.7 Å². The Bertz CT molecular complexity index is 684. The summed E-state index contributed by atoms with van der Waals surface area (Å²) in [5, 5.41) is 0. The molecule has 0 spiro atoms. The molecule has 21 heavy (non-hydrogen) atoms. The second-order valence-corrected chi connectivity index (χ2v) is 7.00. The molecule has 1 atom stereocenters. The number of allylic oxidation sites excluding steroid dienone is 2. The molecular formula is C18H14Br2O. The first-order valence-corrected chi connectivity index (χ1v) is 8.49. The number of carbonyl (C=O) groups excluding carboxylic acids is 1. The normalized spacial score (nSPS) is 17.6. The van der Waals surface area contributed by atoms with Crippen molar-refractivity contribution >= 4 is 43.2 Å². The lowest BCUT2D eigenvalue weighted by Gasteiger charge is -2.14. The van der Waals surface area contributed by atoms with Gasteiger partial charge in [0.05, 0.1) is 0 Å². The largest absolute Gasteiger partial charge is 0.293 e. The molecule has 0 bridgehead atoms. The van der Waals surface area contributed by atoms with Gasteiger partial charge in [0.15, 0.2) is 5.78 Å². The summed E-state index contributed by atoms with van der Waals surface area (Å²) >= 11 is 6.86. The molecule has 0 aromatic heterocycles. The molecule has 0 aliphatic heterocycles. The molecule has 106 valence electrons. The molecule has 1 aliphatic carbocycles. The number of halogens is 2. The summed E-state index contributed by atoms with van der Waals surface area (Å²) in [5.74, 6) is 0.196. The molecule has 0 fully saturated rings. The third-order valence-electron chi connectivity index (χ3n) is 3.82. The van der Waals surface area contributed by atoms with E-state index in [-0.39, 0.29) is 11.7 Å². The zero-order valence-corrected chi connectivity index (χ0v) is 14.5. The fourth-order valence-corrected chi connectivity index (χ4v) is 3.28. The Balaban J connectivity index is 1.88. The first-order valence-electron chi connectivity index (χ1n) is 6.91. The Morgan fingerprint density at radius 1 is 0.905 bits per heavy atom. The van der Waals surface area contributed by atoms with Gasteiger partial charge in [-0.3, -0.25) is 4.79 Å². The van der Waals surface area contributed by atoms with Gasteiger partial charge in [-0.05, 0) is 48.2 Å². The molecular weight excluding hydrogens is 392 g/mol. The Morgan fingerprint density at radius 2 is 1.48 bits per heavy atom. The van der Waals surface area contributed by atoms with Crippen LogP contribution in [0.4, 0.5) is 0 Å². The monoisotopic (exact) mass is 404 g/mol. The number of Topliss-reactive ketones (excluding diaryl/α,β-unsaturated/α-hetero) is 1. The van der Waals surface area contributed by atoms with Gasteiger partial charge < -0.3 is 0 Å². The van der Waals surface area contributed by atoms with E-state index < -0.39 is 0 Å². The second kappa shape index (κ2) is 6.29. The third-order valence-corrected chi connectivity index (χ3v) is 4.88. The molecule has 3 rings (SSSR count). The smallest absolute Gasteiger partial charge is 0.170 e. The third kappa shape index (κ3) is 3.19. The summed E-state index contributed by atoms with van der Waals surface area (Å²) in [6.07, 6.45) is 4.07. The minimum absolute atomic E-state index is 0.0210. The summed E-state index contributed by atoms with van der Waals surface area (Å²) in [7, 11) is 0. The molecule has 2 aromatic rings. The van der Waals surface area contributed by atoms with Gasteiger partial charge in [-0.15, -0.1) is 0 Å². The van der Waals surface area contributed by atoms with Gasteiger partial charge in [0, 0.05) is 20.4 Å². The van der Waals surface area contributed by atoms with E-state index in [0.717, 1.165) is 38.5 Å². The summed E-state index contributed by atoms with van der Waals surface area (Å²) in [4.78, 5) is 12.7. The lowest BCUT2D eigenvalue weighted by atomic mass is 9.88. The molecule has 1 aliphatic rings. The zero-order valence-electron chi connectivity index (χ0n) is 11.4. The molecule has 1 nitrogen and oxygen atoms in total. The molecule has 1 unspecified atom stereocenters. The average molecular weight is 406 g/mol. The lowest BCUT2D eigenvalue weighted by Crippen LogP contribution is -2.13. The Kier molecular flexibility index (Phi) is 4.41. The standard InChI is InChI=1S/C18H14Br2O/c19-14-8-4-12(5-9-14)16-2-1-3-17(16)18(21)13-6-10-15(20)11-7-13/h2,4-11,17H,1,3H2. The van der Waals surface area contributed by atoms with Crippen LogP contribution in [0.3, 0.4) is 0 Å². The van der Waals surface area contributed by atoms with E-state index in [0.29, 0.717) is 0 Å². The number of rotatable bonds is 3. The molecule has 3 heteroatoms. The molecule has 0 amide bonds. The van der Waals surface area contributed by atoms with Crippen LogP contribution in [-0.4, -0.2) is 5.78 Å². The van der Waals surface area contributed by atoms with E-state index in [2.05, 4.69) is 50.1 Å². The van der Waals surface area contributed by atoms with Crippen LogP contribution in [0, 0.1) is 5.92 Å². The Labute approximate surface area is 141 Å². The fourth-order valence-electron chi connectivity index (χ4n) is 2.75. The van der Waals surface area contributed by atoms with Crippen molar-refractivity contribution in [2.24, 2.45) is 5.92 Å². The van der Waals surface area contributed by atoms with E-state index in [9.17, 15) is 4.79 Å². The number of hydrogen-bond acceptors (Lipinski definition) is 1. The first-order chi connectivity index (χ1) is 10.1. The van der Waals surface area contributed by atoms with Gasteiger partial charge in [0.1, 0.15) is 0 Å². The van der Waals surface area contributed by atoms with E-state index in [1.165, 1.54) is 0 Å². The molecule has 0 heterocycles. The van der Waals surface area contributed by atoms with Crippen molar-refractivity contribution in [2.75, 3.05) is 0 Å². The van der Waals surface area contributed by atoms with Gasteiger partial charge in [-0.25, -0.2) is 0 Å². The molecule has 0 radical (unpaired) electrons. The topological polar surface area (TPSA) is 17.1 Å². The van der Waals surface area contributed by atoms with Gasteiger partial charge in [0.2, 0.25) is 0 Å². The highest BCUT2D eigenvalue weighted by atomic mass is 79.9. The van der Waals surface area contributed by atoms with Crippen LogP contribution in [0.15, 0.2) is 63.6 Å². The van der Waals surface area contributed by atoms with Crippen molar-refractivity contribution < 1.29 is 4.79 Å².